The fourth-order valence-corrected chi connectivity index (χ4v) is 1.70. The highest BCUT2D eigenvalue weighted by atomic mass is 19.1. The first-order valence-corrected chi connectivity index (χ1v) is 5.92. The first kappa shape index (κ1) is 14.4. The quantitative estimate of drug-likeness (QED) is 0.496. The van der Waals surface area contributed by atoms with Crippen LogP contribution >= 0.6 is 0 Å². The smallest absolute Gasteiger partial charge is 0.376 e. The van der Waals surface area contributed by atoms with Crippen molar-refractivity contribution in [3.05, 3.63) is 59.7 Å². The van der Waals surface area contributed by atoms with E-state index in [-0.39, 0.29) is 18.1 Å². The highest BCUT2D eigenvalue weighted by Gasteiger charge is 2.13. The van der Waals surface area contributed by atoms with Gasteiger partial charge in [0.1, 0.15) is 17.3 Å². The van der Waals surface area contributed by atoms with Crippen LogP contribution in [0, 0.1) is 5.82 Å². The monoisotopic (exact) mass is 290 g/mol. The van der Waals surface area contributed by atoms with Crippen LogP contribution in [-0.4, -0.2) is 31.7 Å². The Labute approximate surface area is 118 Å². The fraction of sp³-hybridized carbons (Fsp3) is 0.0714. The molecule has 0 atom stereocenters. The van der Waals surface area contributed by atoms with Crippen molar-refractivity contribution in [3.63, 3.8) is 0 Å². The Morgan fingerprint density at radius 1 is 1.19 bits per heavy atom. The number of carboxylic acid groups (broad SMARTS) is 1. The molecule has 0 spiro atoms. The van der Waals surface area contributed by atoms with Gasteiger partial charge in [0.2, 0.25) is 0 Å². The summed E-state index contributed by atoms with van der Waals surface area (Å²) in [6.07, 6.45) is 2.01. The molecule has 1 aromatic carbocycles. The van der Waals surface area contributed by atoms with Gasteiger partial charge in [-0.1, -0.05) is 12.1 Å². The van der Waals surface area contributed by atoms with E-state index in [9.17, 15) is 19.1 Å². The molecular weight excluding hydrogens is 279 g/mol. The first-order chi connectivity index (χ1) is 9.97. The van der Waals surface area contributed by atoms with E-state index in [0.717, 1.165) is 5.56 Å². The van der Waals surface area contributed by atoms with Crippen LogP contribution in [0.15, 0.2) is 42.6 Å². The van der Waals surface area contributed by atoms with Crippen molar-refractivity contribution < 1.29 is 24.2 Å². The highest BCUT2D eigenvalue weighted by Crippen LogP contribution is 2.13. The Morgan fingerprint density at radius 3 is 2.48 bits per heavy atom. The second kappa shape index (κ2) is 6.00. The average Bonchev–Trinajstić information content (AvgIpc) is 2.89. The molecule has 0 aliphatic carbocycles. The van der Waals surface area contributed by atoms with Gasteiger partial charge < -0.3 is 10.2 Å². The molecule has 0 aliphatic rings. The number of benzene rings is 1. The summed E-state index contributed by atoms with van der Waals surface area (Å²) >= 11 is 0. The van der Waals surface area contributed by atoms with Gasteiger partial charge in [-0.2, -0.15) is 5.10 Å². The lowest BCUT2D eigenvalue weighted by atomic mass is 10.2. The number of carboxylic acids is 1. The van der Waals surface area contributed by atoms with E-state index in [1.807, 2.05) is 0 Å². The predicted octanol–water partition coefficient (Wildman–Crippen LogP) is 1.62. The summed E-state index contributed by atoms with van der Waals surface area (Å²) < 4.78 is 14.2. The first-order valence-electron chi connectivity index (χ1n) is 5.92. The molecule has 0 saturated carbocycles. The Kier molecular flexibility index (Phi) is 4.13. The molecule has 2 rings (SSSR count). The molecule has 0 bridgehead atoms. The normalized spacial score (nSPS) is 11.4. The van der Waals surface area contributed by atoms with Crippen LogP contribution in [0.5, 0.6) is 0 Å². The molecule has 0 aliphatic heterocycles. The maximum atomic E-state index is 12.8. The number of carbonyl (C=O) groups is 2. The van der Waals surface area contributed by atoms with Crippen LogP contribution in [0.3, 0.4) is 0 Å². The van der Waals surface area contributed by atoms with Crippen LogP contribution < -0.4 is 0 Å². The SMILES string of the molecule is O=C(O)C(=O)/C=C(\O)c1ccnn1Cc1ccc(F)cc1. The van der Waals surface area contributed by atoms with Crippen LogP contribution in [0.4, 0.5) is 4.39 Å². The number of aromatic nitrogens is 2. The van der Waals surface area contributed by atoms with Crippen molar-refractivity contribution in [1.82, 2.24) is 9.78 Å². The van der Waals surface area contributed by atoms with E-state index in [1.165, 1.54) is 29.1 Å². The molecule has 6 nitrogen and oxygen atoms in total. The number of ketones is 1. The van der Waals surface area contributed by atoms with Gasteiger partial charge in [-0.25, -0.2) is 9.18 Å². The number of aliphatic hydroxyl groups is 1. The van der Waals surface area contributed by atoms with E-state index in [1.54, 1.807) is 12.1 Å². The number of aliphatic hydroxyl groups excluding tert-OH is 1. The number of aliphatic carboxylic acids is 1. The van der Waals surface area contributed by atoms with Gasteiger partial charge in [0.25, 0.3) is 5.78 Å². The van der Waals surface area contributed by atoms with Gasteiger partial charge in [-0.15, -0.1) is 0 Å². The number of hydrogen-bond acceptors (Lipinski definition) is 4. The van der Waals surface area contributed by atoms with E-state index < -0.39 is 17.5 Å². The van der Waals surface area contributed by atoms with Crippen molar-refractivity contribution in [2.45, 2.75) is 6.54 Å². The number of carbonyl (C=O) groups excluding carboxylic acids is 1. The Morgan fingerprint density at radius 2 is 1.86 bits per heavy atom. The molecule has 1 aromatic heterocycles. The lowest BCUT2D eigenvalue weighted by Gasteiger charge is -2.07. The molecule has 0 saturated heterocycles. The molecule has 1 heterocycles. The standard InChI is InChI=1S/C14H11FN2O4/c15-10-3-1-9(2-4-10)8-17-11(5-6-16-17)12(18)7-13(19)14(20)21/h1-7,18H,8H2,(H,20,21)/b12-7-. The number of nitrogens with zero attached hydrogens (tertiary/aromatic N) is 2. The Hall–Kier alpha value is -2.96. The zero-order valence-electron chi connectivity index (χ0n) is 10.7. The second-order valence-corrected chi connectivity index (χ2v) is 4.20. The van der Waals surface area contributed by atoms with Crippen LogP contribution in [0.2, 0.25) is 0 Å². The molecular formula is C14H11FN2O4. The van der Waals surface area contributed by atoms with Crippen molar-refractivity contribution >= 4 is 17.5 Å². The molecule has 7 heteroatoms. The third kappa shape index (κ3) is 3.53. The lowest BCUT2D eigenvalue weighted by Crippen LogP contribution is -2.11. The summed E-state index contributed by atoms with van der Waals surface area (Å²) in [6.45, 7) is 0.238. The zero-order chi connectivity index (χ0) is 15.4. The molecule has 0 unspecified atom stereocenters. The molecule has 0 fully saturated rings. The van der Waals surface area contributed by atoms with Crippen LogP contribution in [0.1, 0.15) is 11.3 Å². The van der Waals surface area contributed by atoms with E-state index in [0.29, 0.717) is 6.08 Å². The van der Waals surface area contributed by atoms with Crippen LogP contribution in [0.25, 0.3) is 5.76 Å². The van der Waals surface area contributed by atoms with Gasteiger partial charge in [0.15, 0.2) is 0 Å². The minimum absolute atomic E-state index is 0.189. The summed E-state index contributed by atoms with van der Waals surface area (Å²) in [7, 11) is 0. The van der Waals surface area contributed by atoms with Crippen molar-refractivity contribution in [1.29, 1.82) is 0 Å². The molecule has 2 aromatic rings. The molecule has 21 heavy (non-hydrogen) atoms. The molecule has 108 valence electrons. The summed E-state index contributed by atoms with van der Waals surface area (Å²) in [4.78, 5) is 21.5. The summed E-state index contributed by atoms with van der Waals surface area (Å²) in [6, 6.07) is 7.14. The maximum Gasteiger partial charge on any atom is 0.376 e. The third-order valence-electron chi connectivity index (χ3n) is 2.70. The van der Waals surface area contributed by atoms with Gasteiger partial charge in [-0.05, 0) is 23.8 Å². The maximum absolute atomic E-state index is 12.8. The Balaban J connectivity index is 2.24. The third-order valence-corrected chi connectivity index (χ3v) is 2.70. The summed E-state index contributed by atoms with van der Waals surface area (Å²) in [5, 5.41) is 22.3. The number of rotatable bonds is 5. The average molecular weight is 290 g/mol. The molecule has 0 amide bonds. The highest BCUT2D eigenvalue weighted by molar-refractivity contribution is 6.38. The van der Waals surface area contributed by atoms with Crippen LogP contribution in [-0.2, 0) is 16.1 Å². The zero-order valence-corrected chi connectivity index (χ0v) is 10.7. The van der Waals surface area contributed by atoms with Gasteiger partial charge >= 0.3 is 5.97 Å². The minimum Gasteiger partial charge on any atom is -0.506 e. The predicted molar refractivity (Wildman–Crippen MR) is 71.0 cm³/mol. The fourth-order valence-electron chi connectivity index (χ4n) is 1.70. The van der Waals surface area contributed by atoms with E-state index in [2.05, 4.69) is 5.10 Å². The minimum atomic E-state index is -1.66. The molecule has 0 radical (unpaired) electrons. The van der Waals surface area contributed by atoms with Gasteiger partial charge in [0.05, 0.1) is 6.54 Å². The Bertz CT molecular complexity index is 704. The van der Waals surface area contributed by atoms with Gasteiger partial charge in [0, 0.05) is 12.3 Å². The van der Waals surface area contributed by atoms with E-state index >= 15 is 0 Å². The summed E-state index contributed by atoms with van der Waals surface area (Å²) in [5.74, 6) is -3.76. The topological polar surface area (TPSA) is 92.4 Å². The molecule has 2 N–H and O–H groups in total. The second-order valence-electron chi connectivity index (χ2n) is 4.20. The largest absolute Gasteiger partial charge is 0.506 e. The number of halogens is 1. The van der Waals surface area contributed by atoms with Crippen molar-refractivity contribution in [2.24, 2.45) is 0 Å². The summed E-state index contributed by atoms with van der Waals surface area (Å²) in [5.41, 5.74) is 0.924. The van der Waals surface area contributed by atoms with Crippen molar-refractivity contribution in [3.8, 4) is 0 Å². The van der Waals surface area contributed by atoms with Gasteiger partial charge in [-0.3, -0.25) is 9.48 Å². The van der Waals surface area contributed by atoms with E-state index in [4.69, 9.17) is 5.11 Å². The van der Waals surface area contributed by atoms with Crippen molar-refractivity contribution in [2.75, 3.05) is 0 Å². The lowest BCUT2D eigenvalue weighted by molar-refractivity contribution is -0.146. The number of hydrogen-bond donors (Lipinski definition) is 2.